The summed E-state index contributed by atoms with van der Waals surface area (Å²) >= 11 is 5.84. The first-order chi connectivity index (χ1) is 13.0. The summed E-state index contributed by atoms with van der Waals surface area (Å²) in [4.78, 5) is 0.134. The lowest BCUT2D eigenvalue weighted by Crippen LogP contribution is -2.29. The van der Waals surface area contributed by atoms with E-state index < -0.39 is 16.1 Å². The molecule has 1 N–H and O–H groups in total. The molecule has 0 radical (unpaired) electrons. The highest BCUT2D eigenvalue weighted by atomic mass is 35.5. The summed E-state index contributed by atoms with van der Waals surface area (Å²) in [5.41, 5.74) is 0.821. The van der Waals surface area contributed by atoms with Crippen LogP contribution >= 0.6 is 11.6 Å². The Morgan fingerprint density at radius 3 is 2.52 bits per heavy atom. The molecular weight excluding hydrogens is 386 g/mol. The first-order valence-corrected chi connectivity index (χ1v) is 9.96. The van der Waals surface area contributed by atoms with Gasteiger partial charge < -0.3 is 4.57 Å². The first-order valence-electron chi connectivity index (χ1n) is 8.10. The van der Waals surface area contributed by atoms with E-state index in [-0.39, 0.29) is 10.7 Å². The van der Waals surface area contributed by atoms with Crippen molar-refractivity contribution in [1.29, 1.82) is 5.26 Å². The SMILES string of the molecule is N#Cc1nncn1CCC(NS(=O)(=O)c1ccc(Cl)cc1)c1ccccc1. The number of rotatable bonds is 7. The smallest absolute Gasteiger partial charge is 0.241 e. The molecule has 0 fully saturated rings. The Hall–Kier alpha value is -2.73. The molecule has 0 aliphatic heterocycles. The van der Waals surface area contributed by atoms with Crippen molar-refractivity contribution in [3.63, 3.8) is 0 Å². The fourth-order valence-corrected chi connectivity index (χ4v) is 4.01. The second-order valence-corrected chi connectivity index (χ2v) is 7.94. The predicted octanol–water partition coefficient (Wildman–Crippen LogP) is 2.91. The minimum atomic E-state index is -3.75. The van der Waals surface area contributed by atoms with Gasteiger partial charge in [0.15, 0.2) is 0 Å². The molecule has 3 aromatic rings. The Morgan fingerprint density at radius 1 is 1.15 bits per heavy atom. The molecule has 0 amide bonds. The average molecular weight is 402 g/mol. The molecule has 0 aliphatic rings. The topological polar surface area (TPSA) is 101 Å². The number of aryl methyl sites for hydroxylation is 1. The van der Waals surface area contributed by atoms with E-state index >= 15 is 0 Å². The van der Waals surface area contributed by atoms with E-state index in [4.69, 9.17) is 16.9 Å². The number of hydrogen-bond acceptors (Lipinski definition) is 5. The van der Waals surface area contributed by atoms with Crippen molar-refractivity contribution in [2.45, 2.75) is 23.9 Å². The van der Waals surface area contributed by atoms with Gasteiger partial charge in [-0.1, -0.05) is 41.9 Å². The predicted molar refractivity (Wildman–Crippen MR) is 100 cm³/mol. The number of hydrogen-bond donors (Lipinski definition) is 1. The van der Waals surface area contributed by atoms with Crippen molar-refractivity contribution >= 4 is 21.6 Å². The van der Waals surface area contributed by atoms with Gasteiger partial charge in [-0.15, -0.1) is 10.2 Å². The van der Waals surface area contributed by atoms with E-state index in [2.05, 4.69) is 14.9 Å². The third-order valence-electron chi connectivity index (χ3n) is 4.00. The fraction of sp³-hybridized carbons (Fsp3) is 0.167. The van der Waals surface area contributed by atoms with E-state index in [9.17, 15) is 8.42 Å². The number of benzene rings is 2. The molecule has 7 nitrogen and oxygen atoms in total. The largest absolute Gasteiger partial charge is 0.305 e. The van der Waals surface area contributed by atoms with E-state index in [1.54, 1.807) is 4.57 Å². The summed E-state index contributed by atoms with van der Waals surface area (Å²) in [5, 5.41) is 16.9. The quantitative estimate of drug-likeness (QED) is 0.656. The van der Waals surface area contributed by atoms with E-state index in [1.165, 1.54) is 30.6 Å². The Bertz CT molecular complexity index is 1040. The fourth-order valence-electron chi connectivity index (χ4n) is 2.62. The Balaban J connectivity index is 1.84. The number of aromatic nitrogens is 3. The second kappa shape index (κ2) is 8.31. The summed E-state index contributed by atoms with van der Waals surface area (Å²) in [6, 6.07) is 16.7. The molecule has 1 aromatic heterocycles. The molecule has 9 heteroatoms. The zero-order valence-corrected chi connectivity index (χ0v) is 15.7. The van der Waals surface area contributed by atoms with Crippen molar-refractivity contribution in [3.8, 4) is 6.07 Å². The summed E-state index contributed by atoms with van der Waals surface area (Å²) in [6.07, 6.45) is 1.87. The molecule has 0 saturated heterocycles. The van der Waals surface area contributed by atoms with Gasteiger partial charge in [0.1, 0.15) is 12.4 Å². The normalized spacial score (nSPS) is 12.4. The van der Waals surface area contributed by atoms with Crippen LogP contribution in [0.3, 0.4) is 0 Å². The van der Waals surface area contributed by atoms with Gasteiger partial charge in [0.05, 0.1) is 4.90 Å². The van der Waals surface area contributed by atoms with Crippen LogP contribution in [-0.4, -0.2) is 23.2 Å². The number of halogens is 1. The number of nitrogens with zero attached hydrogens (tertiary/aromatic N) is 4. The maximum Gasteiger partial charge on any atom is 0.241 e. The van der Waals surface area contributed by atoms with E-state index in [0.717, 1.165) is 5.56 Å². The molecule has 2 aromatic carbocycles. The van der Waals surface area contributed by atoms with Crippen LogP contribution in [0.5, 0.6) is 0 Å². The monoisotopic (exact) mass is 401 g/mol. The van der Waals surface area contributed by atoms with Crippen LogP contribution in [0.1, 0.15) is 23.9 Å². The minimum Gasteiger partial charge on any atom is -0.305 e. The van der Waals surface area contributed by atoms with Gasteiger partial charge >= 0.3 is 0 Å². The van der Waals surface area contributed by atoms with E-state index in [1.807, 2.05) is 36.4 Å². The highest BCUT2D eigenvalue weighted by Gasteiger charge is 2.22. The van der Waals surface area contributed by atoms with Gasteiger partial charge in [0.2, 0.25) is 15.8 Å². The van der Waals surface area contributed by atoms with E-state index in [0.29, 0.717) is 18.0 Å². The highest BCUT2D eigenvalue weighted by Crippen LogP contribution is 2.22. The molecule has 1 unspecified atom stereocenters. The van der Waals surface area contributed by atoms with Crippen LogP contribution < -0.4 is 4.72 Å². The van der Waals surface area contributed by atoms with Gasteiger partial charge in [-0.3, -0.25) is 0 Å². The molecule has 1 heterocycles. The third kappa shape index (κ3) is 4.71. The highest BCUT2D eigenvalue weighted by molar-refractivity contribution is 7.89. The maximum atomic E-state index is 12.8. The zero-order valence-electron chi connectivity index (χ0n) is 14.2. The van der Waals surface area contributed by atoms with Crippen molar-refractivity contribution in [2.75, 3.05) is 0 Å². The molecule has 0 aliphatic carbocycles. The Morgan fingerprint density at radius 2 is 1.85 bits per heavy atom. The van der Waals surface area contributed by atoms with Crippen molar-refractivity contribution in [1.82, 2.24) is 19.5 Å². The molecule has 138 valence electrons. The van der Waals surface area contributed by atoms with Crippen LogP contribution in [-0.2, 0) is 16.6 Å². The number of nitriles is 1. The summed E-state index contributed by atoms with van der Waals surface area (Å²) in [6.45, 7) is 0.387. The average Bonchev–Trinajstić information content (AvgIpc) is 3.13. The second-order valence-electron chi connectivity index (χ2n) is 5.79. The standard InChI is InChI=1S/C18H16ClN5O2S/c19-15-6-8-16(9-7-15)27(25,26)23-17(14-4-2-1-3-5-14)10-11-24-13-21-22-18(24)12-20/h1-9,13,17,23H,10-11H2. The van der Waals surface area contributed by atoms with Crippen LogP contribution in [0.15, 0.2) is 65.8 Å². The molecule has 27 heavy (non-hydrogen) atoms. The molecule has 1 atom stereocenters. The third-order valence-corrected chi connectivity index (χ3v) is 5.74. The van der Waals surface area contributed by atoms with Gasteiger partial charge in [-0.2, -0.15) is 5.26 Å². The van der Waals surface area contributed by atoms with Crippen molar-refractivity contribution in [2.24, 2.45) is 0 Å². The minimum absolute atomic E-state index is 0.134. The zero-order chi connectivity index (χ0) is 19.3. The molecule has 0 spiro atoms. The summed E-state index contributed by atoms with van der Waals surface area (Å²) in [5.74, 6) is 0.183. The van der Waals surface area contributed by atoms with Crippen LogP contribution in [0.4, 0.5) is 0 Å². The maximum absolute atomic E-state index is 12.8. The van der Waals surface area contributed by atoms with Crippen LogP contribution in [0.2, 0.25) is 5.02 Å². The number of sulfonamides is 1. The summed E-state index contributed by atoms with van der Waals surface area (Å²) < 4.78 is 29.9. The van der Waals surface area contributed by atoms with Crippen molar-refractivity contribution in [3.05, 3.63) is 77.3 Å². The van der Waals surface area contributed by atoms with Gasteiger partial charge in [0, 0.05) is 17.6 Å². The lowest BCUT2D eigenvalue weighted by Gasteiger charge is -2.19. The van der Waals surface area contributed by atoms with Gasteiger partial charge in [0.25, 0.3) is 0 Å². The summed E-state index contributed by atoms with van der Waals surface area (Å²) in [7, 11) is -3.75. The Kier molecular flexibility index (Phi) is 5.86. The Labute approximate surface area is 162 Å². The van der Waals surface area contributed by atoms with Crippen LogP contribution in [0.25, 0.3) is 0 Å². The number of nitrogens with one attached hydrogen (secondary N) is 1. The lowest BCUT2D eigenvalue weighted by atomic mass is 10.1. The molecule has 0 bridgehead atoms. The molecular formula is C18H16ClN5O2S. The molecule has 0 saturated carbocycles. The lowest BCUT2D eigenvalue weighted by molar-refractivity contribution is 0.505. The van der Waals surface area contributed by atoms with Crippen LogP contribution in [0, 0.1) is 11.3 Å². The molecule has 3 rings (SSSR count). The van der Waals surface area contributed by atoms with Gasteiger partial charge in [-0.05, 0) is 36.2 Å². The van der Waals surface area contributed by atoms with Crippen molar-refractivity contribution < 1.29 is 8.42 Å². The van der Waals surface area contributed by atoms with Gasteiger partial charge in [-0.25, -0.2) is 13.1 Å². The first kappa shape index (κ1) is 19.0.